The molecule has 0 spiro atoms. The number of hydrogen-bond acceptors (Lipinski definition) is 9. The number of nitrogens with one attached hydrogen (secondary N) is 2. The van der Waals surface area contributed by atoms with Gasteiger partial charge in [-0.25, -0.2) is 0 Å². The van der Waals surface area contributed by atoms with Crippen molar-refractivity contribution in [3.05, 3.63) is 148 Å². The minimum absolute atomic E-state index is 0.00769. The van der Waals surface area contributed by atoms with Gasteiger partial charge in [0.15, 0.2) is 5.43 Å². The number of ether oxygens (including phenoxy) is 1. The normalized spacial score (nSPS) is 16.9. The first kappa shape index (κ1) is 32.4. The monoisotopic (exact) mass is 695 g/mol. The van der Waals surface area contributed by atoms with E-state index in [2.05, 4.69) is 39.7 Å². The van der Waals surface area contributed by atoms with E-state index in [0.29, 0.717) is 22.8 Å². The van der Waals surface area contributed by atoms with Crippen LogP contribution in [0.1, 0.15) is 23.0 Å². The van der Waals surface area contributed by atoms with Crippen molar-refractivity contribution in [3.63, 3.8) is 0 Å². The van der Waals surface area contributed by atoms with Crippen LogP contribution in [0.15, 0.2) is 130 Å². The average molecular weight is 696 g/mol. The number of fused-ring (bicyclic) bond motifs is 3. The number of amides is 2. The molecule has 0 bridgehead atoms. The first-order valence-electron chi connectivity index (χ1n) is 16.6. The van der Waals surface area contributed by atoms with Gasteiger partial charge in [-0.3, -0.25) is 29.7 Å². The largest absolute Gasteiger partial charge is 0.489 e. The predicted octanol–water partition coefficient (Wildman–Crippen LogP) is 5.71. The van der Waals surface area contributed by atoms with Crippen molar-refractivity contribution >= 4 is 34.5 Å². The van der Waals surface area contributed by atoms with Crippen LogP contribution in [0.3, 0.4) is 0 Å². The highest BCUT2D eigenvalue weighted by atomic mass is 32.2. The third-order valence-electron chi connectivity index (χ3n) is 9.09. The molecule has 254 valence electrons. The summed E-state index contributed by atoms with van der Waals surface area (Å²) in [4.78, 5) is 48.9. The number of carbonyl (C=O) groups excluding carboxylic acids is 2. The van der Waals surface area contributed by atoms with Gasteiger partial charge in [-0.1, -0.05) is 36.4 Å². The number of aryl methyl sites for hydroxylation is 1. The summed E-state index contributed by atoms with van der Waals surface area (Å²) < 4.78 is 12.4. The number of pyridine rings is 2. The number of rotatable bonds is 10. The number of nitrogens with zero attached hydrogens (tertiary/aromatic N) is 3. The van der Waals surface area contributed by atoms with Crippen LogP contribution < -0.4 is 20.8 Å². The molecule has 1 aliphatic carbocycles. The standard InChI is InChI=1S/C40H33N5O5S/c1-24-8-2-3-9-28(24)36-29-14-12-26(46)18-33(29)50-34-19-27(13-15-30(34)36)49-22-25-21-45-39(48)38(40(45)51-23-25)44-35(47)20-43-37(31-10-4-6-16-41-31)32-11-5-7-17-42-32/h2-19,21,37-38,40,43H,20,22-23H2,1H3,(H,44,47)/t38-,40-/m1/s1. The Morgan fingerprint density at radius 3 is 2.45 bits per heavy atom. The van der Waals surface area contributed by atoms with E-state index in [0.717, 1.165) is 44.6 Å². The van der Waals surface area contributed by atoms with Gasteiger partial charge in [-0.05, 0) is 72.2 Å². The van der Waals surface area contributed by atoms with E-state index in [1.54, 1.807) is 35.1 Å². The lowest BCUT2D eigenvalue weighted by Gasteiger charge is -2.47. The fourth-order valence-corrected chi connectivity index (χ4v) is 7.82. The Balaban J connectivity index is 0.924. The summed E-state index contributed by atoms with van der Waals surface area (Å²) in [5.41, 5.74) is 6.97. The zero-order valence-corrected chi connectivity index (χ0v) is 28.4. The minimum Gasteiger partial charge on any atom is -0.489 e. The van der Waals surface area contributed by atoms with E-state index >= 15 is 0 Å². The van der Waals surface area contributed by atoms with Crippen molar-refractivity contribution in [2.75, 3.05) is 18.9 Å². The highest BCUT2D eigenvalue weighted by Gasteiger charge is 2.49. The SMILES string of the molecule is Cc1ccccc1-c1c2ccc(=O)cc-2oc2cc(OCC3=CN4C(=O)[C@@H](NC(=O)CNC(c5ccccn5)c5ccccn5)[C@H]4SC3)ccc12. The highest BCUT2D eigenvalue weighted by Crippen LogP contribution is 2.42. The van der Waals surface area contributed by atoms with Gasteiger partial charge >= 0.3 is 0 Å². The highest BCUT2D eigenvalue weighted by molar-refractivity contribution is 8.00. The van der Waals surface area contributed by atoms with E-state index in [9.17, 15) is 14.4 Å². The van der Waals surface area contributed by atoms with E-state index in [-0.39, 0.29) is 41.8 Å². The fraction of sp³-hybridized carbons (Fsp3) is 0.175. The molecule has 11 heteroatoms. The summed E-state index contributed by atoms with van der Waals surface area (Å²) in [6.07, 6.45) is 5.23. The van der Waals surface area contributed by atoms with E-state index in [1.807, 2.05) is 79.0 Å². The first-order chi connectivity index (χ1) is 24.9. The summed E-state index contributed by atoms with van der Waals surface area (Å²) in [7, 11) is 0. The maximum Gasteiger partial charge on any atom is 0.253 e. The Labute approximate surface area is 297 Å². The number of aromatic nitrogens is 2. The van der Waals surface area contributed by atoms with Crippen molar-refractivity contribution < 1.29 is 18.7 Å². The Morgan fingerprint density at radius 1 is 0.941 bits per heavy atom. The molecular weight excluding hydrogens is 663 g/mol. The molecule has 5 heterocycles. The maximum absolute atomic E-state index is 13.1. The van der Waals surface area contributed by atoms with Gasteiger partial charge in [-0.15, -0.1) is 11.8 Å². The molecule has 8 rings (SSSR count). The molecule has 2 atom stereocenters. The zero-order valence-electron chi connectivity index (χ0n) is 27.6. The quantitative estimate of drug-likeness (QED) is 0.137. The Hall–Kier alpha value is -5.78. The van der Waals surface area contributed by atoms with Crippen LogP contribution in [-0.2, 0) is 9.59 Å². The molecule has 2 aromatic heterocycles. The van der Waals surface area contributed by atoms with Gasteiger partial charge < -0.3 is 19.4 Å². The van der Waals surface area contributed by atoms with E-state index in [1.165, 1.54) is 6.07 Å². The Morgan fingerprint density at radius 2 is 1.71 bits per heavy atom. The minimum atomic E-state index is -0.611. The molecule has 1 fully saturated rings. The third kappa shape index (κ3) is 6.49. The van der Waals surface area contributed by atoms with Crippen LogP contribution in [0.5, 0.6) is 5.75 Å². The Bertz CT molecular complexity index is 2270. The molecule has 3 aliphatic heterocycles. The number of benzene rings is 3. The van der Waals surface area contributed by atoms with Gasteiger partial charge in [0.2, 0.25) is 5.91 Å². The van der Waals surface area contributed by atoms with Crippen molar-refractivity contribution in [2.24, 2.45) is 0 Å². The van der Waals surface area contributed by atoms with Gasteiger partial charge in [0, 0.05) is 53.0 Å². The van der Waals surface area contributed by atoms with Crippen molar-refractivity contribution in [1.82, 2.24) is 25.5 Å². The number of hydrogen-bond donors (Lipinski definition) is 2. The molecule has 4 aromatic rings. The van der Waals surface area contributed by atoms with Gasteiger partial charge in [0.1, 0.15) is 35.1 Å². The summed E-state index contributed by atoms with van der Waals surface area (Å²) in [5.74, 6) is 1.32. The van der Waals surface area contributed by atoms with Crippen LogP contribution in [-0.4, -0.2) is 57.0 Å². The molecule has 2 amide bonds. The van der Waals surface area contributed by atoms with Crippen LogP contribution in [0.25, 0.3) is 33.4 Å². The smallest absolute Gasteiger partial charge is 0.253 e. The molecule has 0 radical (unpaired) electrons. The molecule has 0 saturated carbocycles. The molecule has 2 N–H and O–H groups in total. The second-order valence-corrected chi connectivity index (χ2v) is 13.6. The lowest BCUT2D eigenvalue weighted by atomic mass is 9.91. The molecule has 1 saturated heterocycles. The van der Waals surface area contributed by atoms with E-state index < -0.39 is 6.04 Å². The summed E-state index contributed by atoms with van der Waals surface area (Å²) in [6.45, 7) is 2.34. The van der Waals surface area contributed by atoms with Crippen LogP contribution in [0, 0.1) is 6.92 Å². The molecule has 10 nitrogen and oxygen atoms in total. The molecule has 51 heavy (non-hydrogen) atoms. The second-order valence-electron chi connectivity index (χ2n) is 12.5. The summed E-state index contributed by atoms with van der Waals surface area (Å²) in [5, 5.41) is 6.88. The van der Waals surface area contributed by atoms with E-state index in [4.69, 9.17) is 9.15 Å². The molecule has 0 unspecified atom stereocenters. The molecule has 4 aliphatic rings. The second kappa shape index (κ2) is 13.9. The van der Waals surface area contributed by atoms with Crippen molar-refractivity contribution in [1.29, 1.82) is 0 Å². The van der Waals surface area contributed by atoms with Crippen LogP contribution in [0.4, 0.5) is 0 Å². The lowest BCUT2D eigenvalue weighted by molar-refractivity contribution is -0.144. The molecular formula is C40H33N5O5S. The van der Waals surface area contributed by atoms with Crippen LogP contribution >= 0.6 is 11.8 Å². The Kier molecular flexibility index (Phi) is 8.81. The maximum atomic E-state index is 13.1. The number of β-lactam (4-membered cyclic amide) rings is 1. The number of thioether (sulfide) groups is 1. The zero-order chi connectivity index (χ0) is 34.9. The summed E-state index contributed by atoms with van der Waals surface area (Å²) >= 11 is 1.59. The van der Waals surface area contributed by atoms with Crippen LogP contribution in [0.2, 0.25) is 0 Å². The van der Waals surface area contributed by atoms with Crippen molar-refractivity contribution in [2.45, 2.75) is 24.4 Å². The lowest BCUT2D eigenvalue weighted by Crippen LogP contribution is -2.69. The average Bonchev–Trinajstić information content (AvgIpc) is 3.16. The van der Waals surface area contributed by atoms with Gasteiger partial charge in [0.25, 0.3) is 5.91 Å². The van der Waals surface area contributed by atoms with Gasteiger partial charge in [0.05, 0.1) is 24.0 Å². The molecule has 2 aromatic carbocycles. The predicted molar refractivity (Wildman–Crippen MR) is 196 cm³/mol. The van der Waals surface area contributed by atoms with Crippen molar-refractivity contribution in [3.8, 4) is 28.2 Å². The third-order valence-corrected chi connectivity index (χ3v) is 10.5. The first-order valence-corrected chi connectivity index (χ1v) is 17.7. The summed E-state index contributed by atoms with van der Waals surface area (Å²) in [6, 6.07) is 29.0. The topological polar surface area (TPSA) is 127 Å². The fourth-order valence-electron chi connectivity index (χ4n) is 6.57. The van der Waals surface area contributed by atoms with Gasteiger partial charge in [-0.2, -0.15) is 0 Å². The number of carbonyl (C=O) groups is 2.